The van der Waals surface area contributed by atoms with Gasteiger partial charge in [-0.1, -0.05) is 30.6 Å². The molecule has 1 aromatic carbocycles. The number of H-pyrrole nitrogens is 1. The molecule has 35 heavy (non-hydrogen) atoms. The first-order valence-electron chi connectivity index (χ1n) is 11.9. The molecule has 0 amide bonds. The van der Waals surface area contributed by atoms with Gasteiger partial charge in [0.05, 0.1) is 12.5 Å². The van der Waals surface area contributed by atoms with Crippen LogP contribution in [-0.2, 0) is 20.1 Å². The van der Waals surface area contributed by atoms with Gasteiger partial charge in [0, 0.05) is 25.7 Å². The summed E-state index contributed by atoms with van der Waals surface area (Å²) in [6.07, 6.45) is 3.59. The molecule has 1 unspecified atom stereocenters. The maximum absolute atomic E-state index is 13.6. The minimum Gasteiger partial charge on any atom is -0.339 e. The maximum Gasteiger partial charge on any atom is 0.330 e. The first-order chi connectivity index (χ1) is 16.9. The molecule has 3 aromatic heterocycles. The molecule has 1 atom stereocenters. The molecular weight excluding hydrogens is 453 g/mol. The molecule has 0 spiro atoms. The monoisotopic (exact) mass is 481 g/mol. The van der Waals surface area contributed by atoms with E-state index in [4.69, 9.17) is 9.51 Å². The first kappa shape index (κ1) is 23.2. The third-order valence-electron chi connectivity index (χ3n) is 6.59. The number of nitrogens with one attached hydrogen (secondary N) is 1. The lowest BCUT2D eigenvalue weighted by atomic mass is 9.98. The van der Waals surface area contributed by atoms with Gasteiger partial charge < -0.3 is 9.09 Å². The Labute approximate surface area is 200 Å². The summed E-state index contributed by atoms with van der Waals surface area (Å²) < 4.78 is 22.4. The summed E-state index contributed by atoms with van der Waals surface area (Å²) in [6.45, 7) is 4.63. The second-order valence-electron chi connectivity index (χ2n) is 9.06. The van der Waals surface area contributed by atoms with Crippen molar-refractivity contribution in [3.63, 3.8) is 0 Å². The highest BCUT2D eigenvalue weighted by atomic mass is 19.1. The number of rotatable bonds is 7. The molecule has 10 nitrogen and oxygen atoms in total. The molecule has 4 aromatic rings. The fourth-order valence-corrected chi connectivity index (χ4v) is 4.70. The average Bonchev–Trinajstić information content (AvgIpc) is 3.45. The summed E-state index contributed by atoms with van der Waals surface area (Å²) in [7, 11) is 1.80. The van der Waals surface area contributed by atoms with E-state index >= 15 is 0 Å². The summed E-state index contributed by atoms with van der Waals surface area (Å²) >= 11 is 0. The van der Waals surface area contributed by atoms with Gasteiger partial charge in [0.1, 0.15) is 11.6 Å². The van der Waals surface area contributed by atoms with Gasteiger partial charge in [-0.2, -0.15) is 4.98 Å². The zero-order valence-corrected chi connectivity index (χ0v) is 19.8. The van der Waals surface area contributed by atoms with Crippen LogP contribution in [0, 0.1) is 5.82 Å². The number of likely N-dealkylation sites (tertiary alicyclic amines) is 1. The number of nitrogens with zero attached hydrogens (tertiary/aromatic N) is 6. The van der Waals surface area contributed by atoms with Gasteiger partial charge >= 0.3 is 5.69 Å². The van der Waals surface area contributed by atoms with E-state index in [0.29, 0.717) is 53.9 Å². The lowest BCUT2D eigenvalue weighted by Crippen LogP contribution is -2.34. The minimum atomic E-state index is -0.427. The smallest absolute Gasteiger partial charge is 0.330 e. The number of aromatic nitrogens is 6. The zero-order valence-electron chi connectivity index (χ0n) is 19.8. The fraction of sp³-hybridized carbons (Fsp3) is 0.458. The number of aromatic amines is 1. The number of halogens is 1. The van der Waals surface area contributed by atoms with Crippen LogP contribution in [0.15, 0.2) is 38.4 Å². The molecule has 184 valence electrons. The highest BCUT2D eigenvalue weighted by Crippen LogP contribution is 2.28. The van der Waals surface area contributed by atoms with Crippen molar-refractivity contribution in [1.29, 1.82) is 0 Å². The third-order valence-corrected chi connectivity index (χ3v) is 6.59. The standard InChI is InChI=1S/C24H28FN7O3/c1-3-4-11-32-21-19(22(33)28-24(32)34)30(2)18(26-21)14-31-10-6-8-16(13-31)23-27-20(29-35-23)15-7-5-9-17(25)12-15/h5,7,9,12,16H,3-4,6,8,10-11,13-14H2,1-2H3,(H,28,33,34). The Kier molecular flexibility index (Phi) is 6.33. The van der Waals surface area contributed by atoms with E-state index in [0.717, 1.165) is 32.2 Å². The van der Waals surface area contributed by atoms with E-state index < -0.39 is 11.2 Å². The van der Waals surface area contributed by atoms with Crippen LogP contribution in [0.2, 0.25) is 0 Å². The van der Waals surface area contributed by atoms with Gasteiger partial charge in [-0.15, -0.1) is 0 Å². The molecule has 1 fully saturated rings. The van der Waals surface area contributed by atoms with Crippen LogP contribution in [-0.4, -0.2) is 47.2 Å². The van der Waals surface area contributed by atoms with Crippen LogP contribution < -0.4 is 11.2 Å². The van der Waals surface area contributed by atoms with Crippen LogP contribution in [0.25, 0.3) is 22.6 Å². The van der Waals surface area contributed by atoms with E-state index in [1.54, 1.807) is 28.3 Å². The van der Waals surface area contributed by atoms with Crippen molar-refractivity contribution >= 4 is 11.2 Å². The number of hydrogen-bond donors (Lipinski definition) is 1. The van der Waals surface area contributed by atoms with Crippen LogP contribution in [0.1, 0.15) is 50.2 Å². The Morgan fingerprint density at radius 3 is 2.91 bits per heavy atom. The van der Waals surface area contributed by atoms with Gasteiger partial charge in [0.2, 0.25) is 11.7 Å². The summed E-state index contributed by atoms with van der Waals surface area (Å²) in [6, 6.07) is 6.13. The number of hydrogen-bond acceptors (Lipinski definition) is 7. The lowest BCUT2D eigenvalue weighted by Gasteiger charge is -2.30. The van der Waals surface area contributed by atoms with Crippen LogP contribution in [0.4, 0.5) is 4.39 Å². The molecule has 0 bridgehead atoms. The van der Waals surface area contributed by atoms with E-state index in [-0.39, 0.29) is 11.7 Å². The number of imidazole rings is 1. The number of benzene rings is 1. The second kappa shape index (κ2) is 9.57. The highest BCUT2D eigenvalue weighted by Gasteiger charge is 2.28. The normalized spacial score (nSPS) is 16.8. The van der Waals surface area contributed by atoms with Gasteiger partial charge in [0.25, 0.3) is 5.56 Å². The summed E-state index contributed by atoms with van der Waals surface area (Å²) in [5.74, 6) is 1.31. The molecule has 5 rings (SSSR count). The molecule has 11 heteroatoms. The molecule has 1 aliphatic heterocycles. The predicted molar refractivity (Wildman–Crippen MR) is 127 cm³/mol. The summed E-state index contributed by atoms with van der Waals surface area (Å²) in [4.78, 5) is 38.8. The second-order valence-corrected chi connectivity index (χ2v) is 9.06. The molecule has 0 radical (unpaired) electrons. The lowest BCUT2D eigenvalue weighted by molar-refractivity contribution is 0.175. The zero-order chi connectivity index (χ0) is 24.5. The van der Waals surface area contributed by atoms with Crippen molar-refractivity contribution in [3.8, 4) is 11.4 Å². The van der Waals surface area contributed by atoms with Gasteiger partial charge in [-0.25, -0.2) is 14.2 Å². The molecule has 1 aliphatic rings. The predicted octanol–water partition coefficient (Wildman–Crippen LogP) is 2.79. The van der Waals surface area contributed by atoms with Crippen molar-refractivity contribution in [2.24, 2.45) is 7.05 Å². The largest absolute Gasteiger partial charge is 0.339 e. The minimum absolute atomic E-state index is 0.0411. The molecule has 0 aliphatic carbocycles. The molecule has 0 saturated carbocycles. The summed E-state index contributed by atoms with van der Waals surface area (Å²) in [5, 5.41) is 4.05. The number of piperidine rings is 1. The highest BCUT2D eigenvalue weighted by molar-refractivity contribution is 5.70. The van der Waals surface area contributed by atoms with E-state index in [9.17, 15) is 14.0 Å². The first-order valence-corrected chi connectivity index (χ1v) is 11.9. The maximum atomic E-state index is 13.6. The van der Waals surface area contributed by atoms with Gasteiger partial charge in [0.15, 0.2) is 11.2 Å². The van der Waals surface area contributed by atoms with Gasteiger partial charge in [-0.3, -0.25) is 19.2 Å². The molecule has 1 N–H and O–H groups in total. The number of fused-ring (bicyclic) bond motifs is 1. The SMILES string of the molecule is CCCCn1c(=O)[nH]c(=O)c2c1nc(CN1CCCC(c3nc(-c4cccc(F)c4)no3)C1)n2C. The Bertz CT molecular complexity index is 1470. The van der Waals surface area contributed by atoms with Crippen LogP contribution in [0.5, 0.6) is 0 Å². The number of aryl methyl sites for hydroxylation is 2. The van der Waals surface area contributed by atoms with E-state index in [1.807, 2.05) is 0 Å². The summed E-state index contributed by atoms with van der Waals surface area (Å²) in [5.41, 5.74) is 0.554. The van der Waals surface area contributed by atoms with Crippen molar-refractivity contribution in [3.05, 3.63) is 62.6 Å². The number of unbranched alkanes of at least 4 members (excludes halogenated alkanes) is 1. The Hall–Kier alpha value is -3.60. The fourth-order valence-electron chi connectivity index (χ4n) is 4.70. The van der Waals surface area contributed by atoms with Crippen molar-refractivity contribution in [2.45, 2.75) is 51.6 Å². The molecular formula is C24H28FN7O3. The quantitative estimate of drug-likeness (QED) is 0.432. The Morgan fingerprint density at radius 1 is 1.26 bits per heavy atom. The average molecular weight is 482 g/mol. The van der Waals surface area contributed by atoms with Crippen LogP contribution >= 0.6 is 0 Å². The van der Waals surface area contributed by atoms with Crippen molar-refractivity contribution < 1.29 is 8.91 Å². The topological polar surface area (TPSA) is 115 Å². The van der Waals surface area contributed by atoms with Gasteiger partial charge in [-0.05, 0) is 37.9 Å². The van der Waals surface area contributed by atoms with E-state index in [1.165, 1.54) is 12.1 Å². The molecule has 1 saturated heterocycles. The Balaban J connectivity index is 1.37. The third kappa shape index (κ3) is 4.55. The molecule has 4 heterocycles. The van der Waals surface area contributed by atoms with Crippen molar-refractivity contribution in [2.75, 3.05) is 13.1 Å². The Morgan fingerprint density at radius 2 is 2.11 bits per heavy atom. The van der Waals surface area contributed by atoms with Crippen LogP contribution in [0.3, 0.4) is 0 Å². The van der Waals surface area contributed by atoms with Crippen molar-refractivity contribution in [1.82, 2.24) is 34.1 Å². The van der Waals surface area contributed by atoms with E-state index in [2.05, 4.69) is 26.9 Å².